The van der Waals surface area contributed by atoms with Gasteiger partial charge in [-0.15, -0.1) is 11.3 Å². The molecule has 0 aliphatic carbocycles. The predicted molar refractivity (Wildman–Crippen MR) is 142 cm³/mol. The van der Waals surface area contributed by atoms with Gasteiger partial charge in [0.2, 0.25) is 5.91 Å². The predicted octanol–water partition coefficient (Wildman–Crippen LogP) is 5.27. The first-order valence-corrected chi connectivity index (χ1v) is 13.4. The minimum absolute atomic E-state index is 0.00612. The second-order valence-electron chi connectivity index (χ2n) is 9.54. The van der Waals surface area contributed by atoms with Crippen molar-refractivity contribution in [1.29, 1.82) is 0 Å². The quantitative estimate of drug-likeness (QED) is 0.376. The lowest BCUT2D eigenvalue weighted by Gasteiger charge is -2.29. The Bertz CT molecular complexity index is 1150. The van der Waals surface area contributed by atoms with E-state index in [0.717, 1.165) is 41.2 Å². The van der Waals surface area contributed by atoms with Crippen LogP contribution in [0.15, 0.2) is 60.0 Å². The monoisotopic (exact) mass is 507 g/mol. The summed E-state index contributed by atoms with van der Waals surface area (Å²) in [4.78, 5) is 34.1. The first-order valence-electron chi connectivity index (χ1n) is 12.5. The summed E-state index contributed by atoms with van der Waals surface area (Å²) >= 11 is 1.62. The smallest absolute Gasteiger partial charge is 0.254 e. The van der Waals surface area contributed by atoms with E-state index in [9.17, 15) is 14.0 Å². The zero-order valence-corrected chi connectivity index (χ0v) is 21.9. The van der Waals surface area contributed by atoms with Gasteiger partial charge in [0.25, 0.3) is 5.91 Å². The molecule has 0 bridgehead atoms. The highest BCUT2D eigenvalue weighted by molar-refractivity contribution is 7.10. The molecule has 2 amide bonds. The van der Waals surface area contributed by atoms with Crippen molar-refractivity contribution in [3.63, 3.8) is 0 Å². The highest BCUT2D eigenvalue weighted by Crippen LogP contribution is 2.20. The van der Waals surface area contributed by atoms with E-state index in [4.69, 9.17) is 0 Å². The molecule has 2 aromatic carbocycles. The standard InChI is InChI=1S/C29H34FN3O2S/c1-22-5-9-25(10-6-22)29(35)32(17-16-31-14-3-4-15-31)21-28(34)33(20-27-23(2)13-18-36-27)19-24-7-11-26(30)12-8-24/h5-13,18H,3-4,14-17,19-21H2,1-2H3. The summed E-state index contributed by atoms with van der Waals surface area (Å²) in [5.74, 6) is -0.548. The van der Waals surface area contributed by atoms with E-state index in [1.54, 1.807) is 33.3 Å². The van der Waals surface area contributed by atoms with E-state index >= 15 is 0 Å². The van der Waals surface area contributed by atoms with Crippen LogP contribution in [0.5, 0.6) is 0 Å². The number of halogens is 1. The summed E-state index contributed by atoms with van der Waals surface area (Å²) in [5, 5.41) is 2.02. The largest absolute Gasteiger partial charge is 0.332 e. The summed E-state index contributed by atoms with van der Waals surface area (Å²) in [7, 11) is 0. The molecule has 1 fully saturated rings. The number of nitrogens with zero attached hydrogens (tertiary/aromatic N) is 3. The van der Waals surface area contributed by atoms with Crippen LogP contribution in [0.4, 0.5) is 4.39 Å². The van der Waals surface area contributed by atoms with E-state index in [2.05, 4.69) is 4.90 Å². The van der Waals surface area contributed by atoms with Gasteiger partial charge in [-0.1, -0.05) is 29.8 Å². The topological polar surface area (TPSA) is 43.9 Å². The van der Waals surface area contributed by atoms with Crippen LogP contribution in [0.1, 0.15) is 44.8 Å². The lowest BCUT2D eigenvalue weighted by atomic mass is 10.1. The zero-order valence-electron chi connectivity index (χ0n) is 21.1. The van der Waals surface area contributed by atoms with Gasteiger partial charge < -0.3 is 14.7 Å². The molecule has 4 rings (SSSR count). The molecule has 7 heteroatoms. The molecule has 36 heavy (non-hydrogen) atoms. The van der Waals surface area contributed by atoms with Crippen molar-refractivity contribution in [2.75, 3.05) is 32.7 Å². The molecule has 1 aromatic heterocycles. The second kappa shape index (κ2) is 12.3. The van der Waals surface area contributed by atoms with Gasteiger partial charge in [0.1, 0.15) is 12.4 Å². The molecule has 0 atom stereocenters. The van der Waals surface area contributed by atoms with Crippen LogP contribution < -0.4 is 0 Å². The molecule has 0 spiro atoms. The Balaban J connectivity index is 1.54. The third-order valence-electron chi connectivity index (χ3n) is 6.74. The van der Waals surface area contributed by atoms with Gasteiger partial charge in [-0.25, -0.2) is 4.39 Å². The number of amides is 2. The minimum Gasteiger partial charge on any atom is -0.332 e. The molecular weight excluding hydrogens is 473 g/mol. The molecule has 2 heterocycles. The van der Waals surface area contributed by atoms with Crippen LogP contribution in [-0.4, -0.2) is 59.2 Å². The van der Waals surface area contributed by atoms with Crippen LogP contribution in [0.2, 0.25) is 0 Å². The van der Waals surface area contributed by atoms with Gasteiger partial charge in [-0.2, -0.15) is 0 Å². The summed E-state index contributed by atoms with van der Waals surface area (Å²) in [6.45, 7) is 8.18. The molecule has 0 N–H and O–H groups in total. The molecule has 0 radical (unpaired) electrons. The maximum absolute atomic E-state index is 13.7. The van der Waals surface area contributed by atoms with E-state index < -0.39 is 0 Å². The van der Waals surface area contributed by atoms with Crippen molar-refractivity contribution in [2.45, 2.75) is 39.8 Å². The van der Waals surface area contributed by atoms with Crippen LogP contribution in [0.25, 0.3) is 0 Å². The SMILES string of the molecule is Cc1ccc(C(=O)N(CCN2CCCC2)CC(=O)N(Cc2ccc(F)cc2)Cc2sccc2C)cc1. The lowest BCUT2D eigenvalue weighted by molar-refractivity contribution is -0.133. The van der Waals surface area contributed by atoms with Crippen molar-refractivity contribution in [1.82, 2.24) is 14.7 Å². The Hall–Kier alpha value is -3.03. The number of hydrogen-bond acceptors (Lipinski definition) is 4. The number of rotatable bonds is 10. The highest BCUT2D eigenvalue weighted by Gasteiger charge is 2.24. The molecular formula is C29H34FN3O2S. The summed E-state index contributed by atoms with van der Waals surface area (Å²) in [6.07, 6.45) is 2.35. The normalized spacial score (nSPS) is 13.6. The van der Waals surface area contributed by atoms with Crippen molar-refractivity contribution < 1.29 is 14.0 Å². The minimum atomic E-state index is -0.303. The van der Waals surface area contributed by atoms with Crippen LogP contribution in [-0.2, 0) is 17.9 Å². The summed E-state index contributed by atoms with van der Waals surface area (Å²) in [6, 6.07) is 15.8. The van der Waals surface area contributed by atoms with Crippen LogP contribution in [0, 0.1) is 19.7 Å². The summed E-state index contributed by atoms with van der Waals surface area (Å²) in [5.41, 5.74) is 3.67. The fraction of sp³-hybridized carbons (Fsp3) is 0.379. The number of hydrogen-bond donors (Lipinski definition) is 0. The molecule has 0 unspecified atom stereocenters. The van der Waals surface area contributed by atoms with Gasteiger partial charge in [0.15, 0.2) is 0 Å². The fourth-order valence-electron chi connectivity index (χ4n) is 4.44. The van der Waals surface area contributed by atoms with Gasteiger partial charge in [-0.3, -0.25) is 9.59 Å². The highest BCUT2D eigenvalue weighted by atomic mass is 32.1. The average Bonchev–Trinajstić information content (AvgIpc) is 3.54. The van der Waals surface area contributed by atoms with Crippen molar-refractivity contribution >= 4 is 23.2 Å². The number of likely N-dealkylation sites (tertiary alicyclic amines) is 1. The van der Waals surface area contributed by atoms with Gasteiger partial charge in [0, 0.05) is 30.1 Å². The van der Waals surface area contributed by atoms with E-state index in [1.165, 1.54) is 25.0 Å². The van der Waals surface area contributed by atoms with E-state index in [-0.39, 0.29) is 24.2 Å². The Morgan fingerprint density at radius 2 is 1.61 bits per heavy atom. The molecule has 190 valence electrons. The second-order valence-corrected chi connectivity index (χ2v) is 10.5. The molecule has 1 aliphatic rings. The molecule has 5 nitrogen and oxygen atoms in total. The Morgan fingerprint density at radius 1 is 0.917 bits per heavy atom. The number of carbonyl (C=O) groups is 2. The Morgan fingerprint density at radius 3 is 2.25 bits per heavy atom. The van der Waals surface area contributed by atoms with Crippen molar-refractivity contribution in [3.8, 4) is 0 Å². The van der Waals surface area contributed by atoms with Crippen molar-refractivity contribution in [2.24, 2.45) is 0 Å². The van der Waals surface area contributed by atoms with E-state index in [0.29, 0.717) is 25.2 Å². The third-order valence-corrected chi connectivity index (χ3v) is 7.75. The number of carbonyl (C=O) groups excluding carboxylic acids is 2. The first kappa shape index (κ1) is 26.0. The van der Waals surface area contributed by atoms with Crippen LogP contribution in [0.3, 0.4) is 0 Å². The third kappa shape index (κ3) is 7.02. The maximum Gasteiger partial charge on any atom is 0.254 e. The number of aryl methyl sites for hydroxylation is 2. The average molecular weight is 508 g/mol. The first-order chi connectivity index (χ1) is 17.4. The maximum atomic E-state index is 13.7. The molecule has 1 aliphatic heterocycles. The zero-order chi connectivity index (χ0) is 25.5. The lowest BCUT2D eigenvalue weighted by Crippen LogP contribution is -2.45. The van der Waals surface area contributed by atoms with E-state index in [1.807, 2.05) is 49.6 Å². The fourth-order valence-corrected chi connectivity index (χ4v) is 5.37. The molecule has 3 aromatic rings. The van der Waals surface area contributed by atoms with Gasteiger partial charge in [0.05, 0.1) is 6.54 Å². The Labute approximate surface area is 217 Å². The number of benzene rings is 2. The molecule has 1 saturated heterocycles. The number of thiophene rings is 1. The summed E-state index contributed by atoms with van der Waals surface area (Å²) < 4.78 is 13.5. The van der Waals surface area contributed by atoms with Crippen LogP contribution >= 0.6 is 11.3 Å². The van der Waals surface area contributed by atoms with Crippen molar-refractivity contribution in [3.05, 3.63) is 92.9 Å². The van der Waals surface area contributed by atoms with Gasteiger partial charge in [-0.05, 0) is 86.6 Å². The van der Waals surface area contributed by atoms with Gasteiger partial charge >= 0.3 is 0 Å². The Kier molecular flexibility index (Phi) is 8.88. The molecule has 0 saturated carbocycles.